The molecule has 0 amide bonds. The second-order valence-electron chi connectivity index (χ2n) is 2.90. The molecule has 0 bridgehead atoms. The zero-order valence-electron chi connectivity index (χ0n) is 11.3. The van der Waals surface area contributed by atoms with Crippen LogP contribution in [0.2, 0.25) is 0 Å². The molecule has 2 N–H and O–H groups in total. The number of ether oxygens (including phenoxy) is 2. The van der Waals surface area contributed by atoms with E-state index in [9.17, 15) is 0 Å². The van der Waals surface area contributed by atoms with Gasteiger partial charge < -0.3 is 15.2 Å². The van der Waals surface area contributed by atoms with Gasteiger partial charge in [-0.15, -0.1) is 0 Å². The first-order valence-corrected chi connectivity index (χ1v) is 6.28. The largest absolute Gasteiger partial charge is 0.347 e. The van der Waals surface area contributed by atoms with E-state index in [0.717, 1.165) is 12.8 Å². The predicted octanol–water partition coefficient (Wildman–Crippen LogP) is 2.93. The molecule has 0 unspecified atom stereocenters. The standard InChI is InChI=1S/C8H17NO2.2C2H6/c1-3-8(4-2)10-6-7(5-9)11-8;2*1-2/h7H,3-6,9H2,1-2H3;2*1-2H3/t7-;;/m0../s1. The highest BCUT2D eigenvalue weighted by atomic mass is 16.7. The van der Waals surface area contributed by atoms with E-state index in [1.165, 1.54) is 0 Å². The maximum atomic E-state index is 5.65. The van der Waals surface area contributed by atoms with Crippen LogP contribution in [0, 0.1) is 0 Å². The van der Waals surface area contributed by atoms with Crippen LogP contribution in [0.4, 0.5) is 0 Å². The molecule has 1 aliphatic heterocycles. The predicted molar refractivity (Wildman–Crippen MR) is 65.9 cm³/mol. The smallest absolute Gasteiger partial charge is 0.168 e. The Kier molecular flexibility index (Phi) is 12.0. The van der Waals surface area contributed by atoms with Crippen molar-refractivity contribution in [1.82, 2.24) is 0 Å². The minimum absolute atomic E-state index is 0.106. The molecule has 3 nitrogen and oxygen atoms in total. The molecular formula is C12H29NO2. The Hall–Kier alpha value is -0.120. The molecule has 0 aromatic rings. The van der Waals surface area contributed by atoms with E-state index in [2.05, 4.69) is 13.8 Å². The van der Waals surface area contributed by atoms with Crippen LogP contribution in [0.15, 0.2) is 0 Å². The van der Waals surface area contributed by atoms with E-state index in [1.54, 1.807) is 0 Å². The third-order valence-electron chi connectivity index (χ3n) is 2.25. The molecule has 0 saturated carbocycles. The van der Waals surface area contributed by atoms with Gasteiger partial charge in [0.1, 0.15) is 0 Å². The maximum Gasteiger partial charge on any atom is 0.168 e. The quantitative estimate of drug-likeness (QED) is 0.793. The van der Waals surface area contributed by atoms with Crippen molar-refractivity contribution in [2.45, 2.75) is 66.3 Å². The molecule has 3 heteroatoms. The van der Waals surface area contributed by atoms with E-state index in [1.807, 2.05) is 27.7 Å². The molecule has 1 aliphatic rings. The zero-order chi connectivity index (χ0) is 12.3. The molecule has 1 saturated heterocycles. The molecule has 94 valence electrons. The molecule has 1 fully saturated rings. The summed E-state index contributed by atoms with van der Waals surface area (Å²) in [5.74, 6) is -0.329. The Bertz CT molecular complexity index is 125. The van der Waals surface area contributed by atoms with E-state index in [-0.39, 0.29) is 11.9 Å². The van der Waals surface area contributed by atoms with E-state index in [4.69, 9.17) is 15.2 Å². The summed E-state index contributed by atoms with van der Waals surface area (Å²) < 4.78 is 11.2. The van der Waals surface area contributed by atoms with Gasteiger partial charge in [-0.25, -0.2) is 0 Å². The monoisotopic (exact) mass is 219 g/mol. The minimum atomic E-state index is -0.329. The van der Waals surface area contributed by atoms with Gasteiger partial charge in [0.05, 0.1) is 12.7 Å². The molecule has 0 radical (unpaired) electrons. The zero-order valence-corrected chi connectivity index (χ0v) is 11.3. The molecule has 1 heterocycles. The molecule has 0 spiro atoms. The summed E-state index contributed by atoms with van der Waals surface area (Å²) in [4.78, 5) is 0. The number of hydrogen-bond acceptors (Lipinski definition) is 3. The molecular weight excluding hydrogens is 190 g/mol. The lowest BCUT2D eigenvalue weighted by Gasteiger charge is -2.24. The first-order chi connectivity index (χ1) is 7.26. The Balaban J connectivity index is 0. The van der Waals surface area contributed by atoms with Gasteiger partial charge >= 0.3 is 0 Å². The van der Waals surface area contributed by atoms with Gasteiger partial charge in [-0.2, -0.15) is 0 Å². The second-order valence-corrected chi connectivity index (χ2v) is 2.90. The van der Waals surface area contributed by atoms with Crippen LogP contribution in [0.25, 0.3) is 0 Å². The normalized spacial score (nSPS) is 22.2. The first-order valence-electron chi connectivity index (χ1n) is 6.28. The molecule has 0 aromatic carbocycles. The fourth-order valence-corrected chi connectivity index (χ4v) is 1.35. The Morgan fingerprint density at radius 1 is 1.13 bits per heavy atom. The number of rotatable bonds is 3. The number of hydrogen-bond donors (Lipinski definition) is 1. The van der Waals surface area contributed by atoms with Gasteiger partial charge in [0.2, 0.25) is 0 Å². The highest BCUT2D eigenvalue weighted by molar-refractivity contribution is 4.76. The van der Waals surface area contributed by atoms with Crippen molar-refractivity contribution in [3.63, 3.8) is 0 Å². The lowest BCUT2D eigenvalue weighted by atomic mass is 10.1. The molecule has 15 heavy (non-hydrogen) atoms. The van der Waals surface area contributed by atoms with Gasteiger partial charge in [-0.1, -0.05) is 41.5 Å². The average Bonchev–Trinajstić information content (AvgIpc) is 2.78. The molecule has 1 rings (SSSR count). The summed E-state index contributed by atoms with van der Waals surface area (Å²) in [5, 5.41) is 0. The SMILES string of the molecule is CC.CC.CCC1(CC)OC[C@H](CN)O1. The number of nitrogens with two attached hydrogens (primary N) is 1. The van der Waals surface area contributed by atoms with Gasteiger partial charge in [-0.05, 0) is 12.8 Å². The molecule has 0 aromatic heterocycles. The fourth-order valence-electron chi connectivity index (χ4n) is 1.35. The van der Waals surface area contributed by atoms with Crippen molar-refractivity contribution < 1.29 is 9.47 Å². The highest BCUT2D eigenvalue weighted by Gasteiger charge is 2.37. The lowest BCUT2D eigenvalue weighted by molar-refractivity contribution is -0.170. The van der Waals surface area contributed by atoms with Crippen molar-refractivity contribution in [2.24, 2.45) is 5.73 Å². The van der Waals surface area contributed by atoms with Gasteiger partial charge in [-0.3, -0.25) is 0 Å². The second kappa shape index (κ2) is 10.4. The van der Waals surface area contributed by atoms with Crippen LogP contribution in [-0.2, 0) is 9.47 Å². The summed E-state index contributed by atoms with van der Waals surface area (Å²) >= 11 is 0. The van der Waals surface area contributed by atoms with Crippen LogP contribution in [-0.4, -0.2) is 25.0 Å². The van der Waals surface area contributed by atoms with Crippen molar-refractivity contribution >= 4 is 0 Å². The summed E-state index contributed by atoms with van der Waals surface area (Å²) in [5.41, 5.74) is 5.46. The van der Waals surface area contributed by atoms with Crippen LogP contribution < -0.4 is 5.73 Å². The van der Waals surface area contributed by atoms with E-state index < -0.39 is 0 Å². The molecule has 1 atom stereocenters. The van der Waals surface area contributed by atoms with Crippen LogP contribution in [0.3, 0.4) is 0 Å². The summed E-state index contributed by atoms with van der Waals surface area (Å²) in [7, 11) is 0. The Morgan fingerprint density at radius 2 is 1.60 bits per heavy atom. The Labute approximate surface area is 95.3 Å². The van der Waals surface area contributed by atoms with Crippen LogP contribution >= 0.6 is 0 Å². The van der Waals surface area contributed by atoms with Gasteiger partial charge in [0.25, 0.3) is 0 Å². The summed E-state index contributed by atoms with van der Waals surface area (Å²) in [6, 6.07) is 0. The third-order valence-corrected chi connectivity index (χ3v) is 2.25. The van der Waals surface area contributed by atoms with Crippen molar-refractivity contribution in [3.8, 4) is 0 Å². The van der Waals surface area contributed by atoms with Crippen molar-refractivity contribution in [1.29, 1.82) is 0 Å². The summed E-state index contributed by atoms with van der Waals surface area (Å²) in [6.07, 6.45) is 1.91. The topological polar surface area (TPSA) is 44.5 Å². The fraction of sp³-hybridized carbons (Fsp3) is 1.00. The van der Waals surface area contributed by atoms with Gasteiger partial charge in [0, 0.05) is 6.54 Å². The van der Waals surface area contributed by atoms with Crippen LogP contribution in [0.1, 0.15) is 54.4 Å². The van der Waals surface area contributed by atoms with Crippen LogP contribution in [0.5, 0.6) is 0 Å². The average molecular weight is 219 g/mol. The Morgan fingerprint density at radius 3 is 1.80 bits per heavy atom. The highest BCUT2D eigenvalue weighted by Crippen LogP contribution is 2.29. The minimum Gasteiger partial charge on any atom is -0.347 e. The third kappa shape index (κ3) is 5.50. The van der Waals surface area contributed by atoms with Crippen molar-refractivity contribution in [2.75, 3.05) is 13.2 Å². The van der Waals surface area contributed by atoms with Crippen molar-refractivity contribution in [3.05, 3.63) is 0 Å². The van der Waals surface area contributed by atoms with E-state index in [0.29, 0.717) is 13.2 Å². The molecule has 0 aliphatic carbocycles. The summed E-state index contributed by atoms with van der Waals surface area (Å²) in [6.45, 7) is 13.4. The lowest BCUT2D eigenvalue weighted by Crippen LogP contribution is -2.30. The van der Waals surface area contributed by atoms with E-state index >= 15 is 0 Å². The maximum absolute atomic E-state index is 5.65. The van der Waals surface area contributed by atoms with Gasteiger partial charge in [0.15, 0.2) is 5.79 Å². The first kappa shape index (κ1) is 17.3.